The smallest absolute Gasteiger partial charge is 0.170 e. The van der Waals surface area contributed by atoms with Gasteiger partial charge in [0.25, 0.3) is 0 Å². The van der Waals surface area contributed by atoms with Gasteiger partial charge in [-0.2, -0.15) is 0 Å². The molecule has 0 atom stereocenters. The van der Waals surface area contributed by atoms with E-state index in [2.05, 4.69) is 15.9 Å². The Kier molecular flexibility index (Phi) is 4.57. The summed E-state index contributed by atoms with van der Waals surface area (Å²) >= 11 is 0. The van der Waals surface area contributed by atoms with Gasteiger partial charge < -0.3 is 9.72 Å². The molecule has 1 N–H and O–H groups in total. The second-order valence-corrected chi connectivity index (χ2v) is 4.42. The maximum atomic E-state index is 12.4. The van der Waals surface area contributed by atoms with Crippen LogP contribution in [-0.2, 0) is 0 Å². The number of carbonyl (C=O) groups is 1. The van der Waals surface area contributed by atoms with Crippen LogP contribution in [0.2, 0.25) is 0 Å². The van der Waals surface area contributed by atoms with Crippen molar-refractivity contribution in [3.05, 3.63) is 41.7 Å². The fraction of sp³-hybridized carbons (Fsp3) is 0.176. The van der Waals surface area contributed by atoms with Crippen LogP contribution in [0.1, 0.15) is 23.7 Å². The number of carbonyl (C=O) groups excluding carboxylic acids is 1. The van der Waals surface area contributed by atoms with E-state index in [1.807, 2.05) is 18.2 Å². The van der Waals surface area contributed by atoms with Gasteiger partial charge in [-0.25, -0.2) is 0 Å². The van der Waals surface area contributed by atoms with Gasteiger partial charge in [0.2, 0.25) is 0 Å². The predicted octanol–water partition coefficient (Wildman–Crippen LogP) is 3.36. The van der Waals surface area contributed by atoms with Gasteiger partial charge in [0.1, 0.15) is 5.75 Å². The highest BCUT2D eigenvalue weighted by Crippen LogP contribution is 2.25. The van der Waals surface area contributed by atoms with E-state index in [-0.39, 0.29) is 12.2 Å². The average molecular weight is 280 g/mol. The first-order valence-corrected chi connectivity index (χ1v) is 6.51. The standard InChI is InChI=1S/C17H16N2O2/c1-4-12(10-18-5-2)8-17(20)15-11-19-16-7-6-13(21-3)9-14(15)16/h1,5-7,9-11,19H,8H2,2-3H3/b12-10+,18-5?. The summed E-state index contributed by atoms with van der Waals surface area (Å²) in [5.74, 6) is 3.15. The van der Waals surface area contributed by atoms with Crippen molar-refractivity contribution in [2.45, 2.75) is 13.3 Å². The van der Waals surface area contributed by atoms with Crippen molar-refractivity contribution in [1.29, 1.82) is 0 Å². The Hall–Kier alpha value is -2.80. The number of ether oxygens (including phenoxy) is 1. The number of H-pyrrole nitrogens is 1. The molecule has 2 aromatic rings. The lowest BCUT2D eigenvalue weighted by molar-refractivity contribution is 0.0995. The third kappa shape index (κ3) is 3.21. The van der Waals surface area contributed by atoms with Crippen molar-refractivity contribution in [1.82, 2.24) is 4.98 Å². The van der Waals surface area contributed by atoms with Crippen LogP contribution in [0.3, 0.4) is 0 Å². The summed E-state index contributed by atoms with van der Waals surface area (Å²) < 4.78 is 5.19. The number of ketones is 1. The summed E-state index contributed by atoms with van der Waals surface area (Å²) in [5.41, 5.74) is 2.04. The van der Waals surface area contributed by atoms with Gasteiger partial charge >= 0.3 is 0 Å². The summed E-state index contributed by atoms with van der Waals surface area (Å²) in [5, 5.41) is 0.828. The van der Waals surface area contributed by atoms with E-state index in [0.29, 0.717) is 16.9 Å². The number of fused-ring (bicyclic) bond motifs is 1. The molecule has 0 bridgehead atoms. The lowest BCUT2D eigenvalue weighted by Crippen LogP contribution is -1.99. The molecule has 106 valence electrons. The number of hydrogen-bond donors (Lipinski definition) is 1. The third-order valence-electron chi connectivity index (χ3n) is 3.11. The maximum absolute atomic E-state index is 12.4. The number of nitrogens with zero attached hydrogens (tertiary/aromatic N) is 1. The van der Waals surface area contributed by atoms with Crippen LogP contribution in [0.5, 0.6) is 5.75 Å². The van der Waals surface area contributed by atoms with Crippen LogP contribution in [0.15, 0.2) is 41.2 Å². The number of hydrogen-bond acceptors (Lipinski definition) is 3. The van der Waals surface area contributed by atoms with E-state index in [0.717, 1.165) is 10.9 Å². The molecule has 0 amide bonds. The van der Waals surface area contributed by atoms with Gasteiger partial charge in [0.15, 0.2) is 5.78 Å². The topological polar surface area (TPSA) is 54.5 Å². The molecule has 0 aliphatic carbocycles. The molecular formula is C17H16N2O2. The van der Waals surface area contributed by atoms with Gasteiger partial charge in [0.05, 0.1) is 7.11 Å². The highest BCUT2D eigenvalue weighted by molar-refractivity contribution is 6.09. The number of Topliss-reactive ketones (excluding diaryl/α,β-unsaturated/α-hetero) is 1. The van der Waals surface area contributed by atoms with Crippen LogP contribution in [0, 0.1) is 12.3 Å². The van der Waals surface area contributed by atoms with E-state index < -0.39 is 0 Å². The summed E-state index contributed by atoms with van der Waals surface area (Å²) in [6.45, 7) is 1.79. The number of aliphatic imine (C=N–C) groups is 1. The molecule has 0 saturated carbocycles. The minimum Gasteiger partial charge on any atom is -0.497 e. The summed E-state index contributed by atoms with van der Waals surface area (Å²) in [6.07, 6.45) is 10.4. The molecule has 0 aliphatic heterocycles. The zero-order valence-electron chi connectivity index (χ0n) is 12.0. The molecule has 0 unspecified atom stereocenters. The quantitative estimate of drug-likeness (QED) is 0.518. The number of benzene rings is 1. The maximum Gasteiger partial charge on any atom is 0.170 e. The number of rotatable bonds is 5. The molecule has 0 fully saturated rings. The van der Waals surface area contributed by atoms with Crippen LogP contribution >= 0.6 is 0 Å². The zero-order chi connectivity index (χ0) is 15.2. The normalized spacial score (nSPS) is 11.8. The van der Waals surface area contributed by atoms with Crippen molar-refractivity contribution in [2.75, 3.05) is 7.11 Å². The molecule has 0 saturated heterocycles. The van der Waals surface area contributed by atoms with Crippen molar-refractivity contribution >= 4 is 22.9 Å². The SMILES string of the molecule is C#C/C(=C\N=CC)CC(=O)c1c[nH]c2ccc(OC)cc12. The monoisotopic (exact) mass is 280 g/mol. The lowest BCUT2D eigenvalue weighted by atomic mass is 10.0. The second kappa shape index (κ2) is 6.58. The lowest BCUT2D eigenvalue weighted by Gasteiger charge is -2.02. The fourth-order valence-corrected chi connectivity index (χ4v) is 2.02. The summed E-state index contributed by atoms with van der Waals surface area (Å²) in [4.78, 5) is 19.4. The molecule has 1 aromatic carbocycles. The average Bonchev–Trinajstić information content (AvgIpc) is 2.94. The third-order valence-corrected chi connectivity index (χ3v) is 3.11. The molecule has 1 heterocycles. The number of aromatic nitrogens is 1. The Morgan fingerprint density at radius 3 is 3.00 bits per heavy atom. The fourth-order valence-electron chi connectivity index (χ4n) is 2.02. The molecular weight excluding hydrogens is 264 g/mol. The van der Waals surface area contributed by atoms with Crippen LogP contribution in [0.25, 0.3) is 10.9 Å². The Labute approximate surface area is 123 Å². The number of aromatic amines is 1. The molecule has 0 spiro atoms. The Bertz CT molecular complexity index is 761. The Balaban J connectivity index is 2.33. The minimum absolute atomic E-state index is 0.0509. The zero-order valence-corrected chi connectivity index (χ0v) is 12.0. The Morgan fingerprint density at radius 2 is 2.33 bits per heavy atom. The van der Waals surface area contributed by atoms with Gasteiger partial charge in [-0.3, -0.25) is 9.79 Å². The molecule has 2 rings (SSSR count). The summed E-state index contributed by atoms with van der Waals surface area (Å²) in [6, 6.07) is 5.56. The highest BCUT2D eigenvalue weighted by Gasteiger charge is 2.14. The molecule has 0 radical (unpaired) electrons. The second-order valence-electron chi connectivity index (χ2n) is 4.42. The molecule has 4 heteroatoms. The van der Waals surface area contributed by atoms with Crippen molar-refractivity contribution < 1.29 is 9.53 Å². The van der Waals surface area contributed by atoms with Crippen molar-refractivity contribution in [2.24, 2.45) is 4.99 Å². The van der Waals surface area contributed by atoms with E-state index in [4.69, 9.17) is 11.2 Å². The first-order chi connectivity index (χ1) is 10.2. The highest BCUT2D eigenvalue weighted by atomic mass is 16.5. The number of methoxy groups -OCH3 is 1. The minimum atomic E-state index is -0.0509. The van der Waals surface area contributed by atoms with Crippen LogP contribution in [0.4, 0.5) is 0 Å². The van der Waals surface area contributed by atoms with Crippen LogP contribution < -0.4 is 4.74 Å². The van der Waals surface area contributed by atoms with Crippen LogP contribution in [-0.4, -0.2) is 24.1 Å². The number of nitrogens with one attached hydrogen (secondary N) is 1. The number of allylic oxidation sites excluding steroid dienone is 1. The van der Waals surface area contributed by atoms with Gasteiger partial charge in [-0.05, 0) is 25.1 Å². The molecule has 21 heavy (non-hydrogen) atoms. The number of terminal acetylenes is 1. The first kappa shape index (κ1) is 14.6. The van der Waals surface area contributed by atoms with Gasteiger partial charge in [-0.15, -0.1) is 6.42 Å². The molecule has 4 nitrogen and oxygen atoms in total. The van der Waals surface area contributed by atoms with Gasteiger partial charge in [0, 0.05) is 47.1 Å². The predicted molar refractivity (Wildman–Crippen MR) is 84.9 cm³/mol. The van der Waals surface area contributed by atoms with E-state index in [1.165, 1.54) is 6.20 Å². The van der Waals surface area contributed by atoms with E-state index in [9.17, 15) is 4.79 Å². The van der Waals surface area contributed by atoms with E-state index in [1.54, 1.807) is 26.4 Å². The first-order valence-electron chi connectivity index (χ1n) is 6.51. The molecule has 1 aromatic heterocycles. The van der Waals surface area contributed by atoms with Crippen molar-refractivity contribution in [3.63, 3.8) is 0 Å². The van der Waals surface area contributed by atoms with E-state index >= 15 is 0 Å². The Morgan fingerprint density at radius 1 is 1.52 bits per heavy atom. The largest absolute Gasteiger partial charge is 0.497 e. The molecule has 0 aliphatic rings. The summed E-state index contributed by atoms with van der Waals surface area (Å²) in [7, 11) is 1.59. The van der Waals surface area contributed by atoms with Gasteiger partial charge in [-0.1, -0.05) is 5.92 Å². The van der Waals surface area contributed by atoms with Crippen molar-refractivity contribution in [3.8, 4) is 18.1 Å².